The number of nitrogens with two attached hydrogens (primary N) is 1. The largest absolute Gasteiger partial charge is 0.487 e. The van der Waals surface area contributed by atoms with Gasteiger partial charge in [0.2, 0.25) is 0 Å². The third-order valence-corrected chi connectivity index (χ3v) is 2.58. The van der Waals surface area contributed by atoms with Gasteiger partial charge < -0.3 is 10.5 Å². The normalized spacial score (nSPS) is 12.2. The minimum atomic E-state index is -0.266. The van der Waals surface area contributed by atoms with Gasteiger partial charge in [-0.1, -0.05) is 18.2 Å². The molecule has 2 rings (SSSR count). The summed E-state index contributed by atoms with van der Waals surface area (Å²) in [7, 11) is 0. The molecule has 0 aliphatic heterocycles. The fourth-order valence-corrected chi connectivity index (χ4v) is 1.52. The number of pyridine rings is 1. The Morgan fingerprint density at radius 3 is 2.67 bits per heavy atom. The maximum atomic E-state index is 13.4. The van der Waals surface area contributed by atoms with Crippen molar-refractivity contribution in [3.05, 3.63) is 59.7 Å². The van der Waals surface area contributed by atoms with E-state index in [0.29, 0.717) is 11.3 Å². The first-order valence-corrected chi connectivity index (χ1v) is 5.74. The molecule has 1 aromatic carbocycles. The number of hydrogen-bond acceptors (Lipinski definition) is 3. The van der Waals surface area contributed by atoms with Gasteiger partial charge in [0, 0.05) is 11.6 Å². The van der Waals surface area contributed by atoms with Gasteiger partial charge in [0.05, 0.1) is 11.9 Å². The second-order valence-electron chi connectivity index (χ2n) is 4.09. The van der Waals surface area contributed by atoms with Crippen LogP contribution in [0.25, 0.3) is 0 Å². The van der Waals surface area contributed by atoms with Crippen molar-refractivity contribution in [1.29, 1.82) is 0 Å². The Balaban J connectivity index is 2.00. The molecule has 18 heavy (non-hydrogen) atoms. The van der Waals surface area contributed by atoms with Crippen LogP contribution in [-0.2, 0) is 6.61 Å². The lowest BCUT2D eigenvalue weighted by Gasteiger charge is -2.08. The number of benzene rings is 1. The highest BCUT2D eigenvalue weighted by Crippen LogP contribution is 2.15. The molecule has 0 radical (unpaired) electrons. The van der Waals surface area contributed by atoms with Crippen LogP contribution in [-0.4, -0.2) is 4.98 Å². The van der Waals surface area contributed by atoms with Crippen molar-refractivity contribution in [2.45, 2.75) is 19.6 Å². The maximum absolute atomic E-state index is 13.4. The molecule has 2 N–H and O–H groups in total. The molecular weight excluding hydrogens is 231 g/mol. The standard InChI is InChI=1S/C14H15FN2O/c1-10(16)14-7-6-12(8-17-14)18-9-11-4-2-3-5-13(11)15/h2-8,10H,9,16H2,1H3/t10-/m0/s1. The molecule has 2 aromatic rings. The lowest BCUT2D eigenvalue weighted by molar-refractivity contribution is 0.298. The molecule has 0 spiro atoms. The van der Waals surface area contributed by atoms with Crippen molar-refractivity contribution in [2.24, 2.45) is 5.73 Å². The molecule has 0 fully saturated rings. The molecule has 0 bridgehead atoms. The van der Waals surface area contributed by atoms with Crippen LogP contribution in [0.1, 0.15) is 24.2 Å². The van der Waals surface area contributed by atoms with Crippen LogP contribution in [0.5, 0.6) is 5.75 Å². The minimum Gasteiger partial charge on any atom is -0.487 e. The van der Waals surface area contributed by atoms with Crippen LogP contribution in [0, 0.1) is 5.82 Å². The SMILES string of the molecule is C[C@H](N)c1ccc(OCc2ccccc2F)cn1. The Labute approximate surface area is 105 Å². The van der Waals surface area contributed by atoms with Crippen LogP contribution >= 0.6 is 0 Å². The van der Waals surface area contributed by atoms with Crippen molar-refractivity contribution in [1.82, 2.24) is 4.98 Å². The Bertz CT molecular complexity index is 511. The van der Waals surface area contributed by atoms with Crippen LogP contribution in [0.2, 0.25) is 0 Å². The second-order valence-corrected chi connectivity index (χ2v) is 4.09. The molecule has 94 valence electrons. The summed E-state index contributed by atoms with van der Waals surface area (Å²) < 4.78 is 18.8. The first-order chi connectivity index (χ1) is 8.66. The summed E-state index contributed by atoms with van der Waals surface area (Å²) >= 11 is 0. The highest BCUT2D eigenvalue weighted by molar-refractivity contribution is 5.22. The number of hydrogen-bond donors (Lipinski definition) is 1. The predicted molar refractivity (Wildman–Crippen MR) is 67.6 cm³/mol. The molecule has 0 aliphatic rings. The zero-order chi connectivity index (χ0) is 13.0. The maximum Gasteiger partial charge on any atom is 0.138 e. The Hall–Kier alpha value is -1.94. The number of aromatic nitrogens is 1. The van der Waals surface area contributed by atoms with Gasteiger partial charge in [0.25, 0.3) is 0 Å². The molecule has 1 heterocycles. The van der Waals surface area contributed by atoms with E-state index in [1.807, 2.05) is 6.92 Å². The molecular formula is C14H15FN2O. The molecule has 0 aliphatic carbocycles. The summed E-state index contributed by atoms with van der Waals surface area (Å²) in [4.78, 5) is 4.17. The van der Waals surface area contributed by atoms with Gasteiger partial charge in [-0.15, -0.1) is 0 Å². The lowest BCUT2D eigenvalue weighted by atomic mass is 10.2. The number of nitrogens with zero attached hydrogens (tertiary/aromatic N) is 1. The molecule has 0 saturated heterocycles. The molecule has 0 amide bonds. The minimum absolute atomic E-state index is 0.106. The van der Waals surface area contributed by atoms with Crippen molar-refractivity contribution in [3.63, 3.8) is 0 Å². The topological polar surface area (TPSA) is 48.1 Å². The summed E-state index contributed by atoms with van der Waals surface area (Å²) in [6, 6.07) is 10.0. The van der Waals surface area contributed by atoms with Crippen LogP contribution in [0.15, 0.2) is 42.6 Å². The third-order valence-electron chi connectivity index (χ3n) is 2.58. The Morgan fingerprint density at radius 2 is 2.06 bits per heavy atom. The van der Waals surface area contributed by atoms with Crippen molar-refractivity contribution in [3.8, 4) is 5.75 Å². The molecule has 0 saturated carbocycles. The number of rotatable bonds is 4. The zero-order valence-electron chi connectivity index (χ0n) is 10.1. The zero-order valence-corrected chi connectivity index (χ0v) is 10.1. The van der Waals surface area contributed by atoms with Crippen LogP contribution < -0.4 is 10.5 Å². The molecule has 1 aromatic heterocycles. The van der Waals surface area contributed by atoms with E-state index in [1.54, 1.807) is 36.5 Å². The van der Waals surface area contributed by atoms with E-state index >= 15 is 0 Å². The monoisotopic (exact) mass is 246 g/mol. The Kier molecular flexibility index (Phi) is 3.89. The van der Waals surface area contributed by atoms with Crippen molar-refractivity contribution >= 4 is 0 Å². The second kappa shape index (κ2) is 5.60. The number of ether oxygens (including phenoxy) is 1. The van der Waals surface area contributed by atoms with Gasteiger partial charge in [0.15, 0.2) is 0 Å². The summed E-state index contributed by atoms with van der Waals surface area (Å²) in [5, 5.41) is 0. The smallest absolute Gasteiger partial charge is 0.138 e. The van der Waals surface area contributed by atoms with Gasteiger partial charge in [-0.25, -0.2) is 4.39 Å². The summed E-state index contributed by atoms with van der Waals surface area (Å²) in [5.74, 6) is 0.334. The van der Waals surface area contributed by atoms with Gasteiger partial charge in [-0.2, -0.15) is 0 Å². The molecule has 1 atom stereocenters. The van der Waals surface area contributed by atoms with E-state index in [2.05, 4.69) is 4.98 Å². The van der Waals surface area contributed by atoms with Gasteiger partial charge in [-0.05, 0) is 25.1 Å². The molecule has 3 nitrogen and oxygen atoms in total. The lowest BCUT2D eigenvalue weighted by Crippen LogP contribution is -2.07. The highest BCUT2D eigenvalue weighted by Gasteiger charge is 2.03. The van der Waals surface area contributed by atoms with Crippen molar-refractivity contribution < 1.29 is 9.13 Å². The van der Waals surface area contributed by atoms with Gasteiger partial charge in [-0.3, -0.25) is 4.98 Å². The van der Waals surface area contributed by atoms with Gasteiger partial charge >= 0.3 is 0 Å². The van der Waals surface area contributed by atoms with Crippen LogP contribution in [0.3, 0.4) is 0 Å². The highest BCUT2D eigenvalue weighted by atomic mass is 19.1. The van der Waals surface area contributed by atoms with E-state index in [4.69, 9.17) is 10.5 Å². The summed E-state index contributed by atoms with van der Waals surface area (Å²) in [6.45, 7) is 2.05. The fourth-order valence-electron chi connectivity index (χ4n) is 1.52. The molecule has 4 heteroatoms. The average molecular weight is 246 g/mol. The Morgan fingerprint density at radius 1 is 1.28 bits per heavy atom. The third kappa shape index (κ3) is 3.05. The fraction of sp³-hybridized carbons (Fsp3) is 0.214. The van der Waals surface area contributed by atoms with Crippen molar-refractivity contribution in [2.75, 3.05) is 0 Å². The average Bonchev–Trinajstić information content (AvgIpc) is 2.38. The van der Waals surface area contributed by atoms with Gasteiger partial charge in [0.1, 0.15) is 18.2 Å². The van der Waals surface area contributed by atoms with Crippen LogP contribution in [0.4, 0.5) is 4.39 Å². The quantitative estimate of drug-likeness (QED) is 0.902. The molecule has 0 unspecified atom stereocenters. The van der Waals surface area contributed by atoms with E-state index in [0.717, 1.165) is 5.69 Å². The predicted octanol–water partition coefficient (Wildman–Crippen LogP) is 2.82. The van der Waals surface area contributed by atoms with E-state index in [1.165, 1.54) is 6.07 Å². The van der Waals surface area contributed by atoms with E-state index in [-0.39, 0.29) is 18.5 Å². The number of halogens is 1. The van der Waals surface area contributed by atoms with E-state index in [9.17, 15) is 4.39 Å². The first kappa shape index (κ1) is 12.5. The first-order valence-electron chi connectivity index (χ1n) is 5.74. The summed E-state index contributed by atoms with van der Waals surface area (Å²) in [5.41, 5.74) is 7.02. The van der Waals surface area contributed by atoms with E-state index < -0.39 is 0 Å². The summed E-state index contributed by atoms with van der Waals surface area (Å²) in [6.07, 6.45) is 1.60.